The van der Waals surface area contributed by atoms with E-state index in [4.69, 9.17) is 14.2 Å². The van der Waals surface area contributed by atoms with Crippen LogP contribution in [0.2, 0.25) is 0 Å². The second kappa shape index (κ2) is 12.5. The summed E-state index contributed by atoms with van der Waals surface area (Å²) in [7, 11) is 4.53. The molecule has 5 rings (SSSR count). The Hall–Kier alpha value is -3.95. The lowest BCUT2D eigenvalue weighted by Gasteiger charge is -2.30. The molecule has 2 unspecified atom stereocenters. The highest BCUT2D eigenvalue weighted by Gasteiger charge is 2.44. The summed E-state index contributed by atoms with van der Waals surface area (Å²) in [6.07, 6.45) is 0. The zero-order valence-corrected chi connectivity index (χ0v) is 24.0. The molecule has 9 heteroatoms. The molecule has 2 atom stereocenters. The van der Waals surface area contributed by atoms with Crippen LogP contribution >= 0.6 is 23.1 Å². The van der Waals surface area contributed by atoms with Crippen LogP contribution in [0.3, 0.4) is 0 Å². The van der Waals surface area contributed by atoms with E-state index in [9.17, 15) is 9.59 Å². The van der Waals surface area contributed by atoms with Crippen LogP contribution in [-0.4, -0.2) is 49.8 Å². The first-order valence-corrected chi connectivity index (χ1v) is 14.7. The average molecular weight is 575 g/mol. The molecule has 7 nitrogen and oxygen atoms in total. The predicted octanol–water partition coefficient (Wildman–Crippen LogP) is 5.94. The summed E-state index contributed by atoms with van der Waals surface area (Å²) in [6.45, 7) is 0. The largest absolute Gasteiger partial charge is 0.493 e. The molecule has 206 valence electrons. The highest BCUT2D eigenvalue weighted by atomic mass is 32.2. The smallest absolute Gasteiger partial charge is 0.256 e. The van der Waals surface area contributed by atoms with Gasteiger partial charge < -0.3 is 24.4 Å². The number of carbonyl (C=O) groups is 2. The molecule has 1 N–H and O–H groups in total. The Balaban J connectivity index is 1.51. The molecule has 2 heterocycles. The number of hydrogen-bond donors (Lipinski definition) is 1. The predicted molar refractivity (Wildman–Crippen MR) is 158 cm³/mol. The Morgan fingerprint density at radius 3 is 1.95 bits per heavy atom. The van der Waals surface area contributed by atoms with Crippen molar-refractivity contribution in [3.8, 4) is 17.2 Å². The zero-order chi connectivity index (χ0) is 28.1. The topological polar surface area (TPSA) is 77.1 Å². The molecule has 0 spiro atoms. The third-order valence-corrected chi connectivity index (χ3v) is 9.17. The molecule has 1 aliphatic heterocycles. The number of methoxy groups -OCH3 is 3. The van der Waals surface area contributed by atoms with Gasteiger partial charge in [0.1, 0.15) is 11.4 Å². The number of nitrogens with one attached hydrogen (secondary N) is 1. The maximum Gasteiger partial charge on any atom is 0.256 e. The van der Waals surface area contributed by atoms with Crippen LogP contribution in [0.25, 0.3) is 0 Å². The zero-order valence-electron chi connectivity index (χ0n) is 22.4. The fourth-order valence-electron chi connectivity index (χ4n) is 4.85. The van der Waals surface area contributed by atoms with Crippen molar-refractivity contribution >= 4 is 34.9 Å². The van der Waals surface area contributed by atoms with E-state index in [0.29, 0.717) is 28.6 Å². The number of amides is 2. The van der Waals surface area contributed by atoms with Crippen LogP contribution < -0.4 is 19.5 Å². The van der Waals surface area contributed by atoms with Crippen molar-refractivity contribution < 1.29 is 23.8 Å². The van der Waals surface area contributed by atoms with Gasteiger partial charge in [-0.15, -0.1) is 23.1 Å². The van der Waals surface area contributed by atoms with Crippen LogP contribution in [0.1, 0.15) is 37.8 Å². The molecule has 0 radical (unpaired) electrons. The van der Waals surface area contributed by atoms with Crippen molar-refractivity contribution in [3.63, 3.8) is 0 Å². The lowest BCUT2D eigenvalue weighted by Crippen LogP contribution is -2.48. The number of ether oxygens (including phenoxy) is 3. The van der Waals surface area contributed by atoms with E-state index in [0.717, 1.165) is 16.0 Å². The lowest BCUT2D eigenvalue weighted by molar-refractivity contribution is -0.125. The Bertz CT molecular complexity index is 1380. The molecule has 40 heavy (non-hydrogen) atoms. The number of rotatable bonds is 9. The highest BCUT2D eigenvalue weighted by Crippen LogP contribution is 2.45. The van der Waals surface area contributed by atoms with Gasteiger partial charge in [-0.25, -0.2) is 0 Å². The Kier molecular flexibility index (Phi) is 8.62. The van der Waals surface area contributed by atoms with Gasteiger partial charge in [-0.1, -0.05) is 66.7 Å². The number of nitrogens with zero attached hydrogens (tertiary/aromatic N) is 1. The Morgan fingerprint density at radius 2 is 1.45 bits per heavy atom. The third kappa shape index (κ3) is 5.52. The number of hydrogen-bond acceptors (Lipinski definition) is 7. The first-order chi connectivity index (χ1) is 19.5. The quantitative estimate of drug-likeness (QED) is 0.267. The van der Waals surface area contributed by atoms with Crippen molar-refractivity contribution in [3.05, 3.63) is 112 Å². The van der Waals surface area contributed by atoms with Gasteiger partial charge in [0, 0.05) is 16.2 Å². The number of carbonyl (C=O) groups excluding carboxylic acids is 2. The number of benzene rings is 3. The van der Waals surface area contributed by atoms with Gasteiger partial charge in [0.25, 0.3) is 5.91 Å². The summed E-state index contributed by atoms with van der Waals surface area (Å²) in [4.78, 5) is 30.9. The fourth-order valence-corrected chi connectivity index (χ4v) is 7.24. The van der Waals surface area contributed by atoms with Crippen molar-refractivity contribution in [1.29, 1.82) is 0 Å². The van der Waals surface area contributed by atoms with Crippen molar-refractivity contribution in [2.24, 2.45) is 0 Å². The number of thioether (sulfide) groups is 1. The molecule has 2 amide bonds. The van der Waals surface area contributed by atoms with Gasteiger partial charge >= 0.3 is 0 Å². The summed E-state index contributed by atoms with van der Waals surface area (Å²) >= 11 is 3.14. The van der Waals surface area contributed by atoms with Crippen LogP contribution in [-0.2, 0) is 4.79 Å². The van der Waals surface area contributed by atoms with Crippen LogP contribution in [0.15, 0.2) is 90.3 Å². The monoisotopic (exact) mass is 574 g/mol. The van der Waals surface area contributed by atoms with Crippen LogP contribution in [0, 0.1) is 0 Å². The average Bonchev–Trinajstić information content (AvgIpc) is 3.70. The maximum atomic E-state index is 14.2. The van der Waals surface area contributed by atoms with E-state index < -0.39 is 6.04 Å². The minimum Gasteiger partial charge on any atom is -0.493 e. The van der Waals surface area contributed by atoms with E-state index in [1.54, 1.807) is 40.1 Å². The minimum absolute atomic E-state index is 0.218. The fraction of sp³-hybridized carbons (Fsp3) is 0.226. The van der Waals surface area contributed by atoms with E-state index in [-0.39, 0.29) is 23.2 Å². The van der Waals surface area contributed by atoms with E-state index in [1.807, 2.05) is 78.2 Å². The first-order valence-electron chi connectivity index (χ1n) is 12.7. The van der Waals surface area contributed by atoms with Gasteiger partial charge in [0.2, 0.25) is 11.7 Å². The van der Waals surface area contributed by atoms with Crippen molar-refractivity contribution in [2.75, 3.05) is 27.1 Å². The first kappa shape index (κ1) is 27.6. The molecule has 0 bridgehead atoms. The SMILES string of the molecule is COc1cc(C(=O)N2C(C(=O)NC(c3ccccc3)c3ccccc3)CSC2c2cccs2)cc(OC)c1OC. The van der Waals surface area contributed by atoms with Crippen molar-refractivity contribution in [1.82, 2.24) is 10.2 Å². The molecule has 0 saturated carbocycles. The molecule has 1 aromatic heterocycles. The summed E-state index contributed by atoms with van der Waals surface area (Å²) in [5.41, 5.74) is 2.27. The van der Waals surface area contributed by atoms with Gasteiger partial charge in [-0.05, 0) is 34.7 Å². The molecule has 4 aromatic rings. The standard InChI is InChI=1S/C31H30N2O5S2/c1-36-24-17-22(18-25(37-2)28(24)38-3)30(35)33-23(19-40-31(33)26-15-10-16-39-26)29(34)32-27(20-11-6-4-7-12-20)21-13-8-5-9-14-21/h4-18,23,27,31H,19H2,1-3H3,(H,32,34). The second-order valence-corrected chi connectivity index (χ2v) is 11.2. The van der Waals surface area contributed by atoms with Crippen LogP contribution in [0.5, 0.6) is 17.2 Å². The molecule has 3 aromatic carbocycles. The summed E-state index contributed by atoms with van der Waals surface area (Å²) in [6, 6.07) is 25.8. The minimum atomic E-state index is -0.696. The van der Waals surface area contributed by atoms with E-state index in [2.05, 4.69) is 5.32 Å². The normalized spacial score (nSPS) is 16.6. The van der Waals surface area contributed by atoms with Gasteiger partial charge in [-0.2, -0.15) is 0 Å². The van der Waals surface area contributed by atoms with Crippen molar-refractivity contribution in [2.45, 2.75) is 17.5 Å². The molecule has 1 aliphatic rings. The van der Waals surface area contributed by atoms with Gasteiger partial charge in [0.15, 0.2) is 11.5 Å². The van der Waals surface area contributed by atoms with Gasteiger partial charge in [0.05, 0.1) is 27.4 Å². The third-order valence-electron chi connectivity index (χ3n) is 6.79. The Morgan fingerprint density at radius 1 is 0.850 bits per heavy atom. The Labute approximate surface area is 242 Å². The van der Waals surface area contributed by atoms with Crippen LogP contribution in [0.4, 0.5) is 0 Å². The molecular formula is C31H30N2O5S2. The van der Waals surface area contributed by atoms with E-state index in [1.165, 1.54) is 21.3 Å². The maximum absolute atomic E-state index is 14.2. The second-order valence-electron chi connectivity index (χ2n) is 9.11. The molecular weight excluding hydrogens is 544 g/mol. The highest BCUT2D eigenvalue weighted by molar-refractivity contribution is 7.99. The lowest BCUT2D eigenvalue weighted by atomic mass is 9.98. The molecule has 1 saturated heterocycles. The van der Waals surface area contributed by atoms with E-state index >= 15 is 0 Å². The summed E-state index contributed by atoms with van der Waals surface area (Å²) in [5, 5.41) is 4.91. The molecule has 0 aliphatic carbocycles. The summed E-state index contributed by atoms with van der Waals surface area (Å²) in [5.74, 6) is 1.10. The van der Waals surface area contributed by atoms with Gasteiger partial charge in [-0.3, -0.25) is 9.59 Å². The number of thiophene rings is 1. The molecule has 1 fully saturated rings. The summed E-state index contributed by atoms with van der Waals surface area (Å²) < 4.78 is 16.4.